The second-order valence-corrected chi connectivity index (χ2v) is 8.78. The largest absolute Gasteiger partial charge is 0.369 e. The number of halogens is 2. The molecule has 9 heteroatoms. The van der Waals surface area contributed by atoms with Crippen molar-refractivity contribution in [3.8, 4) is 0 Å². The highest BCUT2D eigenvalue weighted by Crippen LogP contribution is 2.24. The van der Waals surface area contributed by atoms with Gasteiger partial charge in [-0.25, -0.2) is 18.1 Å². The Morgan fingerprint density at radius 2 is 2.19 bits per heavy atom. The van der Waals surface area contributed by atoms with Crippen molar-refractivity contribution in [1.29, 1.82) is 0 Å². The Morgan fingerprint density at radius 3 is 2.76 bits per heavy atom. The maximum absolute atomic E-state index is 12.2. The van der Waals surface area contributed by atoms with Gasteiger partial charge in [-0.15, -0.1) is 11.3 Å². The van der Waals surface area contributed by atoms with Crippen molar-refractivity contribution < 1.29 is 8.42 Å². The van der Waals surface area contributed by atoms with Crippen molar-refractivity contribution in [3.05, 3.63) is 38.1 Å². The number of hydrogen-bond acceptors (Lipinski definition) is 5. The molecule has 2 aromatic rings. The van der Waals surface area contributed by atoms with Gasteiger partial charge in [0.15, 0.2) is 0 Å². The van der Waals surface area contributed by atoms with Gasteiger partial charge in [-0.3, -0.25) is 0 Å². The quantitative estimate of drug-likeness (QED) is 0.765. The number of aromatic nitrogens is 1. The molecule has 0 aliphatic rings. The van der Waals surface area contributed by atoms with Crippen LogP contribution in [0.4, 0.5) is 5.82 Å². The summed E-state index contributed by atoms with van der Waals surface area (Å²) in [6.45, 7) is 2.79. The van der Waals surface area contributed by atoms with Crippen LogP contribution in [-0.2, 0) is 16.6 Å². The topological polar surface area (TPSA) is 71.1 Å². The summed E-state index contributed by atoms with van der Waals surface area (Å²) in [7, 11) is -3.64. The van der Waals surface area contributed by atoms with E-state index in [9.17, 15) is 8.42 Å². The lowest BCUT2D eigenvalue weighted by Crippen LogP contribution is -2.23. The van der Waals surface area contributed by atoms with E-state index in [2.05, 4.69) is 31.0 Å². The minimum absolute atomic E-state index is 0.0461. The fourth-order valence-corrected chi connectivity index (χ4v) is 4.35. The number of rotatable bonds is 6. The van der Waals surface area contributed by atoms with E-state index >= 15 is 0 Å². The first-order valence-electron chi connectivity index (χ1n) is 6.05. The number of pyridine rings is 1. The molecular weight excluding hydrogens is 398 g/mol. The molecule has 0 fully saturated rings. The normalized spacial score (nSPS) is 11.6. The number of hydrogen-bond donors (Lipinski definition) is 2. The second kappa shape index (κ2) is 7.06. The van der Waals surface area contributed by atoms with Crippen LogP contribution in [0.3, 0.4) is 0 Å². The van der Waals surface area contributed by atoms with Crippen molar-refractivity contribution in [2.75, 3.05) is 11.9 Å². The molecule has 0 amide bonds. The number of anilines is 1. The summed E-state index contributed by atoms with van der Waals surface area (Å²) >= 11 is 10.8. The molecule has 0 aliphatic carbocycles. The SMILES string of the molecule is CCNc1ncc(S(=O)(=O)NCc2ccc(Br)s2)cc1Cl. The van der Waals surface area contributed by atoms with Crippen LogP contribution in [0.25, 0.3) is 0 Å². The standard InChI is InChI=1S/C12H13BrClN3O2S2/c1-2-15-12-10(14)5-9(7-16-12)21(18,19)17-6-8-3-4-11(13)20-8/h3-5,7,17H,2,6H2,1H3,(H,15,16). The molecule has 2 aromatic heterocycles. The number of thiophene rings is 1. The van der Waals surface area contributed by atoms with Crippen LogP contribution in [0.2, 0.25) is 5.02 Å². The zero-order valence-electron chi connectivity index (χ0n) is 11.1. The average Bonchev–Trinajstić information content (AvgIpc) is 2.85. The Kier molecular flexibility index (Phi) is 5.61. The van der Waals surface area contributed by atoms with Gasteiger partial charge in [0.1, 0.15) is 10.7 Å². The summed E-state index contributed by atoms with van der Waals surface area (Å²) in [6.07, 6.45) is 1.29. The zero-order chi connectivity index (χ0) is 15.5. The first kappa shape index (κ1) is 16.7. The van der Waals surface area contributed by atoms with Crippen molar-refractivity contribution in [2.24, 2.45) is 0 Å². The van der Waals surface area contributed by atoms with Gasteiger partial charge in [0, 0.05) is 24.2 Å². The van der Waals surface area contributed by atoms with Crippen LogP contribution >= 0.6 is 38.9 Å². The van der Waals surface area contributed by atoms with Gasteiger partial charge in [-0.1, -0.05) is 11.6 Å². The summed E-state index contributed by atoms with van der Waals surface area (Å²) in [6, 6.07) is 5.12. The Balaban J connectivity index is 2.13. The first-order chi connectivity index (χ1) is 9.92. The molecule has 0 spiro atoms. The number of sulfonamides is 1. The third-order valence-corrected chi connectivity index (χ3v) is 5.82. The van der Waals surface area contributed by atoms with Crippen LogP contribution in [0.15, 0.2) is 33.1 Å². The molecule has 114 valence electrons. The summed E-state index contributed by atoms with van der Waals surface area (Å²) in [5.74, 6) is 0.473. The molecular formula is C12H13BrClN3O2S2. The van der Waals surface area contributed by atoms with Gasteiger partial charge >= 0.3 is 0 Å². The molecule has 0 bridgehead atoms. The van der Waals surface area contributed by atoms with Gasteiger partial charge in [0.25, 0.3) is 0 Å². The average molecular weight is 411 g/mol. The lowest BCUT2D eigenvalue weighted by atomic mass is 10.4. The summed E-state index contributed by atoms with van der Waals surface area (Å²) < 4.78 is 27.9. The smallest absolute Gasteiger partial charge is 0.242 e. The van der Waals surface area contributed by atoms with E-state index in [1.165, 1.54) is 23.6 Å². The van der Waals surface area contributed by atoms with Gasteiger partial charge in [-0.05, 0) is 41.1 Å². The fourth-order valence-electron chi connectivity index (χ4n) is 1.56. The zero-order valence-corrected chi connectivity index (χ0v) is 15.0. The minimum atomic E-state index is -3.64. The van der Waals surface area contributed by atoms with E-state index in [-0.39, 0.29) is 16.5 Å². The molecule has 0 aliphatic heterocycles. The summed E-state index contributed by atoms with van der Waals surface area (Å²) in [4.78, 5) is 4.98. The maximum atomic E-state index is 12.2. The van der Waals surface area contributed by atoms with Gasteiger partial charge < -0.3 is 5.32 Å². The highest BCUT2D eigenvalue weighted by molar-refractivity contribution is 9.11. The van der Waals surface area contributed by atoms with E-state index in [1.807, 2.05) is 19.1 Å². The van der Waals surface area contributed by atoms with E-state index < -0.39 is 10.0 Å². The molecule has 21 heavy (non-hydrogen) atoms. The Morgan fingerprint density at radius 1 is 1.43 bits per heavy atom. The van der Waals surface area contributed by atoms with Gasteiger partial charge in [0.2, 0.25) is 10.0 Å². The molecule has 5 nitrogen and oxygen atoms in total. The van der Waals surface area contributed by atoms with Gasteiger partial charge in [-0.2, -0.15) is 0 Å². The molecule has 2 N–H and O–H groups in total. The van der Waals surface area contributed by atoms with E-state index in [0.29, 0.717) is 12.4 Å². The van der Waals surface area contributed by atoms with E-state index in [1.54, 1.807) is 0 Å². The Bertz CT molecular complexity index is 734. The van der Waals surface area contributed by atoms with Crippen molar-refractivity contribution in [2.45, 2.75) is 18.4 Å². The van der Waals surface area contributed by atoms with Crippen LogP contribution < -0.4 is 10.0 Å². The predicted molar refractivity (Wildman–Crippen MR) is 89.5 cm³/mol. The van der Waals surface area contributed by atoms with Crippen LogP contribution in [0.5, 0.6) is 0 Å². The highest BCUT2D eigenvalue weighted by Gasteiger charge is 2.16. The predicted octanol–water partition coefficient (Wildman–Crippen LogP) is 3.47. The maximum Gasteiger partial charge on any atom is 0.242 e. The summed E-state index contributed by atoms with van der Waals surface area (Å²) in [5.41, 5.74) is 0. The fraction of sp³-hybridized carbons (Fsp3) is 0.250. The molecule has 0 saturated carbocycles. The first-order valence-corrected chi connectivity index (χ1v) is 9.52. The van der Waals surface area contributed by atoms with Crippen LogP contribution in [-0.4, -0.2) is 19.9 Å². The number of nitrogens with one attached hydrogen (secondary N) is 2. The molecule has 2 heterocycles. The molecule has 0 saturated heterocycles. The Hall–Kier alpha value is -0.670. The molecule has 0 radical (unpaired) electrons. The van der Waals surface area contributed by atoms with Crippen molar-refractivity contribution in [1.82, 2.24) is 9.71 Å². The lowest BCUT2D eigenvalue weighted by Gasteiger charge is -2.08. The molecule has 0 atom stereocenters. The van der Waals surface area contributed by atoms with E-state index in [4.69, 9.17) is 11.6 Å². The van der Waals surface area contributed by atoms with Crippen LogP contribution in [0.1, 0.15) is 11.8 Å². The third kappa shape index (κ3) is 4.40. The third-order valence-electron chi connectivity index (χ3n) is 2.54. The summed E-state index contributed by atoms with van der Waals surface area (Å²) in [5, 5.41) is 3.23. The van der Waals surface area contributed by atoms with Crippen LogP contribution in [0, 0.1) is 0 Å². The Labute approximate surface area is 140 Å². The molecule has 2 rings (SSSR count). The molecule has 0 unspecified atom stereocenters. The van der Waals surface area contributed by atoms with Crippen molar-refractivity contribution >= 4 is 54.7 Å². The van der Waals surface area contributed by atoms with Gasteiger partial charge in [0.05, 0.1) is 8.81 Å². The van der Waals surface area contributed by atoms with Crippen molar-refractivity contribution in [3.63, 3.8) is 0 Å². The lowest BCUT2D eigenvalue weighted by molar-refractivity contribution is 0.581. The molecule has 0 aromatic carbocycles. The van der Waals surface area contributed by atoms with E-state index in [0.717, 1.165) is 8.66 Å². The monoisotopic (exact) mass is 409 g/mol. The number of nitrogens with zero attached hydrogens (tertiary/aromatic N) is 1. The second-order valence-electron chi connectivity index (χ2n) is 4.06. The minimum Gasteiger partial charge on any atom is -0.369 e. The highest BCUT2D eigenvalue weighted by atomic mass is 79.9.